The van der Waals surface area contributed by atoms with Crippen LogP contribution < -0.4 is 0 Å². The maximum Gasteiger partial charge on any atom is 0.335 e. The summed E-state index contributed by atoms with van der Waals surface area (Å²) in [6, 6.07) is 4.03. The van der Waals surface area contributed by atoms with E-state index in [0.717, 1.165) is 6.07 Å². The van der Waals surface area contributed by atoms with Gasteiger partial charge in [0, 0.05) is 13.1 Å². The minimum absolute atomic E-state index is 0.0388. The molecule has 0 saturated carbocycles. The predicted octanol–water partition coefficient (Wildman–Crippen LogP) is 0.0750. The summed E-state index contributed by atoms with van der Waals surface area (Å²) in [6.07, 6.45) is -0.557. The van der Waals surface area contributed by atoms with Gasteiger partial charge in [-0.2, -0.15) is 4.31 Å². The molecule has 0 aliphatic carbocycles. The van der Waals surface area contributed by atoms with E-state index in [1.54, 1.807) is 6.92 Å². The van der Waals surface area contributed by atoms with Crippen molar-refractivity contribution < 1.29 is 28.2 Å². The highest BCUT2D eigenvalue weighted by molar-refractivity contribution is 7.89. The smallest absolute Gasteiger partial charge is 0.335 e. The highest BCUT2D eigenvalue weighted by atomic mass is 32.2. The average molecular weight is 315 g/mol. The minimum Gasteiger partial charge on any atom is -0.478 e. The van der Waals surface area contributed by atoms with Crippen molar-refractivity contribution in [2.75, 3.05) is 26.3 Å². The van der Waals surface area contributed by atoms with E-state index >= 15 is 0 Å². The Hall–Kier alpha value is -1.48. The van der Waals surface area contributed by atoms with Gasteiger partial charge in [-0.15, -0.1) is 0 Å². The number of carbonyl (C=O) groups is 1. The molecule has 0 amide bonds. The summed E-state index contributed by atoms with van der Waals surface area (Å²) < 4.78 is 31.5. The second kappa shape index (κ2) is 6.10. The van der Waals surface area contributed by atoms with Crippen LogP contribution in [0.2, 0.25) is 0 Å². The van der Waals surface area contributed by atoms with E-state index in [2.05, 4.69) is 0 Å². The first kappa shape index (κ1) is 15.9. The Morgan fingerprint density at radius 2 is 2.19 bits per heavy atom. The van der Waals surface area contributed by atoms with Crippen molar-refractivity contribution in [3.8, 4) is 0 Å². The number of morpholine rings is 1. The van der Waals surface area contributed by atoms with Crippen LogP contribution in [0.5, 0.6) is 0 Å². The van der Waals surface area contributed by atoms with E-state index in [0.29, 0.717) is 5.56 Å². The van der Waals surface area contributed by atoms with Crippen molar-refractivity contribution in [2.24, 2.45) is 0 Å². The lowest BCUT2D eigenvalue weighted by Gasteiger charge is -2.31. The minimum atomic E-state index is -3.80. The van der Waals surface area contributed by atoms with E-state index in [4.69, 9.17) is 14.9 Å². The molecule has 1 aliphatic heterocycles. The molecule has 1 atom stereocenters. The number of ether oxygens (including phenoxy) is 1. The number of nitrogens with zero attached hydrogens (tertiary/aromatic N) is 1. The highest BCUT2D eigenvalue weighted by Crippen LogP contribution is 2.21. The van der Waals surface area contributed by atoms with Crippen molar-refractivity contribution in [3.05, 3.63) is 29.3 Å². The normalized spacial score (nSPS) is 20.4. The number of aliphatic hydroxyl groups excluding tert-OH is 1. The molecule has 2 rings (SSSR count). The molecule has 8 heteroatoms. The van der Waals surface area contributed by atoms with Gasteiger partial charge >= 0.3 is 5.97 Å². The fourth-order valence-electron chi connectivity index (χ4n) is 2.16. The SMILES string of the molecule is Cc1ccc(S(=O)(=O)N2CCOC(CO)C2)cc1C(=O)O. The average Bonchev–Trinajstić information content (AvgIpc) is 2.47. The van der Waals surface area contributed by atoms with Gasteiger partial charge in [0.2, 0.25) is 10.0 Å². The van der Waals surface area contributed by atoms with Gasteiger partial charge in [0.05, 0.1) is 29.8 Å². The molecule has 2 N–H and O–H groups in total. The van der Waals surface area contributed by atoms with Crippen LogP contribution in [0, 0.1) is 6.92 Å². The second-order valence-electron chi connectivity index (χ2n) is 4.82. The number of hydrogen-bond acceptors (Lipinski definition) is 5. The third-order valence-electron chi connectivity index (χ3n) is 3.38. The van der Waals surface area contributed by atoms with Crippen molar-refractivity contribution in [1.29, 1.82) is 0 Å². The number of aliphatic hydroxyl groups is 1. The fourth-order valence-corrected chi connectivity index (χ4v) is 3.64. The van der Waals surface area contributed by atoms with E-state index < -0.39 is 22.1 Å². The van der Waals surface area contributed by atoms with Crippen LogP contribution in [-0.2, 0) is 14.8 Å². The summed E-state index contributed by atoms with van der Waals surface area (Å²) in [5.74, 6) is -1.17. The van der Waals surface area contributed by atoms with Gasteiger partial charge in [-0.3, -0.25) is 0 Å². The zero-order valence-electron chi connectivity index (χ0n) is 11.5. The van der Waals surface area contributed by atoms with Crippen LogP contribution in [0.4, 0.5) is 0 Å². The largest absolute Gasteiger partial charge is 0.478 e. The first-order chi connectivity index (χ1) is 9.86. The Balaban J connectivity index is 2.35. The van der Waals surface area contributed by atoms with Gasteiger partial charge < -0.3 is 14.9 Å². The molecule has 1 unspecified atom stereocenters. The number of aryl methyl sites for hydroxylation is 1. The van der Waals surface area contributed by atoms with E-state index in [1.165, 1.54) is 16.4 Å². The maximum atomic E-state index is 12.5. The lowest BCUT2D eigenvalue weighted by Crippen LogP contribution is -2.46. The molecule has 0 bridgehead atoms. The van der Waals surface area contributed by atoms with E-state index in [9.17, 15) is 13.2 Å². The molecule has 0 aromatic heterocycles. The Morgan fingerprint density at radius 1 is 1.48 bits per heavy atom. The van der Waals surface area contributed by atoms with Gasteiger partial charge in [-0.05, 0) is 24.6 Å². The zero-order chi connectivity index (χ0) is 15.6. The molecule has 1 saturated heterocycles. The van der Waals surface area contributed by atoms with E-state index in [1.807, 2.05) is 0 Å². The van der Waals surface area contributed by atoms with Gasteiger partial charge in [0.25, 0.3) is 0 Å². The molecular formula is C13H17NO6S. The zero-order valence-corrected chi connectivity index (χ0v) is 12.3. The molecule has 21 heavy (non-hydrogen) atoms. The van der Waals surface area contributed by atoms with Crippen LogP contribution in [0.25, 0.3) is 0 Å². The fraction of sp³-hybridized carbons (Fsp3) is 0.462. The molecule has 7 nitrogen and oxygen atoms in total. The van der Waals surface area contributed by atoms with Gasteiger partial charge in [0.1, 0.15) is 0 Å². The third-order valence-corrected chi connectivity index (χ3v) is 5.24. The predicted molar refractivity (Wildman–Crippen MR) is 73.7 cm³/mol. The van der Waals surface area contributed by atoms with Crippen molar-refractivity contribution >= 4 is 16.0 Å². The molecule has 116 valence electrons. The summed E-state index contributed by atoms with van der Waals surface area (Å²) in [6.45, 7) is 1.77. The Labute approximate surface area is 122 Å². The summed E-state index contributed by atoms with van der Waals surface area (Å²) in [4.78, 5) is 11.0. The Morgan fingerprint density at radius 3 is 2.81 bits per heavy atom. The van der Waals surface area contributed by atoms with Crippen LogP contribution in [0.15, 0.2) is 23.1 Å². The van der Waals surface area contributed by atoms with Crippen LogP contribution in [-0.4, -0.2) is 61.3 Å². The molecule has 0 radical (unpaired) electrons. The molecule has 1 aliphatic rings. The van der Waals surface area contributed by atoms with Gasteiger partial charge in [-0.1, -0.05) is 6.07 Å². The highest BCUT2D eigenvalue weighted by Gasteiger charge is 2.31. The molecule has 0 spiro atoms. The number of hydrogen-bond donors (Lipinski definition) is 2. The maximum absolute atomic E-state index is 12.5. The van der Waals surface area contributed by atoms with E-state index in [-0.39, 0.29) is 36.8 Å². The Kier molecular flexibility index (Phi) is 4.62. The van der Waals surface area contributed by atoms with Gasteiger partial charge in [-0.25, -0.2) is 13.2 Å². The lowest BCUT2D eigenvalue weighted by atomic mass is 10.1. The van der Waals surface area contributed by atoms with Crippen molar-refractivity contribution in [1.82, 2.24) is 4.31 Å². The number of rotatable bonds is 4. The number of sulfonamides is 1. The quantitative estimate of drug-likeness (QED) is 0.815. The Bertz CT molecular complexity index is 642. The standard InChI is InChI=1S/C13H17NO6S/c1-9-2-3-11(6-12(9)13(16)17)21(18,19)14-4-5-20-10(7-14)8-15/h2-3,6,10,15H,4-5,7-8H2,1H3,(H,16,17). The summed E-state index contributed by atoms with van der Waals surface area (Å²) in [5, 5.41) is 18.2. The molecular weight excluding hydrogens is 298 g/mol. The third kappa shape index (κ3) is 3.24. The first-order valence-corrected chi connectivity index (χ1v) is 7.87. The van der Waals surface area contributed by atoms with Gasteiger partial charge in [0.15, 0.2) is 0 Å². The topological polar surface area (TPSA) is 104 Å². The van der Waals surface area contributed by atoms with Crippen LogP contribution in [0.1, 0.15) is 15.9 Å². The number of benzene rings is 1. The van der Waals surface area contributed by atoms with Crippen LogP contribution >= 0.6 is 0 Å². The first-order valence-electron chi connectivity index (χ1n) is 6.43. The molecule has 1 fully saturated rings. The molecule has 1 heterocycles. The number of carboxylic acid groups (broad SMARTS) is 1. The molecule has 1 aromatic rings. The van der Waals surface area contributed by atoms with Crippen molar-refractivity contribution in [2.45, 2.75) is 17.9 Å². The van der Waals surface area contributed by atoms with Crippen LogP contribution in [0.3, 0.4) is 0 Å². The monoisotopic (exact) mass is 315 g/mol. The summed E-state index contributed by atoms with van der Waals surface area (Å²) in [5.41, 5.74) is 0.458. The number of aromatic carboxylic acids is 1. The second-order valence-corrected chi connectivity index (χ2v) is 6.76. The molecule has 1 aromatic carbocycles. The summed E-state index contributed by atoms with van der Waals surface area (Å²) in [7, 11) is -3.80. The summed E-state index contributed by atoms with van der Waals surface area (Å²) >= 11 is 0. The lowest BCUT2D eigenvalue weighted by molar-refractivity contribution is -0.0304. The van der Waals surface area contributed by atoms with Crippen molar-refractivity contribution in [3.63, 3.8) is 0 Å². The number of carboxylic acids is 1.